The summed E-state index contributed by atoms with van der Waals surface area (Å²) in [6, 6.07) is 0. The molecule has 1 saturated carbocycles. The van der Waals surface area contributed by atoms with Crippen molar-refractivity contribution in [3.63, 3.8) is 0 Å². The van der Waals surface area contributed by atoms with E-state index in [1.807, 2.05) is 0 Å². The maximum Gasteiger partial charge on any atom is 0.305 e. The Bertz CT molecular complexity index is 359. The maximum atomic E-state index is 11.7. The minimum Gasteiger partial charge on any atom is -0.481 e. The van der Waals surface area contributed by atoms with Gasteiger partial charge in [0.15, 0.2) is 0 Å². The zero-order chi connectivity index (χ0) is 12.9. The van der Waals surface area contributed by atoms with Crippen molar-refractivity contribution in [1.82, 2.24) is 4.72 Å². The number of carboxylic acid groups (broad SMARTS) is 1. The van der Waals surface area contributed by atoms with E-state index in [1.54, 1.807) is 0 Å². The highest BCUT2D eigenvalue weighted by molar-refractivity contribution is 7.89. The van der Waals surface area contributed by atoms with Crippen LogP contribution in [0.25, 0.3) is 0 Å². The number of carboxylic acids is 1. The van der Waals surface area contributed by atoms with Gasteiger partial charge in [-0.1, -0.05) is 12.8 Å². The lowest BCUT2D eigenvalue weighted by molar-refractivity contribution is -0.138. The quantitative estimate of drug-likeness (QED) is 0.692. The van der Waals surface area contributed by atoms with Gasteiger partial charge in [0.25, 0.3) is 0 Å². The summed E-state index contributed by atoms with van der Waals surface area (Å²) in [6.07, 6.45) is 2.75. The molecule has 0 spiro atoms. The first-order chi connectivity index (χ1) is 7.89. The van der Waals surface area contributed by atoms with Gasteiger partial charge in [-0.3, -0.25) is 4.79 Å². The molecule has 7 heteroatoms. The van der Waals surface area contributed by atoms with Crippen molar-refractivity contribution in [3.05, 3.63) is 0 Å². The Hall–Kier alpha value is -0.660. The van der Waals surface area contributed by atoms with Crippen LogP contribution in [0.2, 0.25) is 0 Å². The van der Waals surface area contributed by atoms with Gasteiger partial charge in [0.05, 0.1) is 18.8 Å². The normalized spacial score (nSPS) is 19.4. The second kappa shape index (κ2) is 5.79. The van der Waals surface area contributed by atoms with E-state index in [0.717, 1.165) is 12.8 Å². The van der Waals surface area contributed by atoms with Gasteiger partial charge in [0, 0.05) is 12.6 Å². The average molecular weight is 265 g/mol. The highest BCUT2D eigenvalue weighted by Crippen LogP contribution is 2.33. The van der Waals surface area contributed by atoms with Gasteiger partial charge in [-0.15, -0.1) is 0 Å². The molecule has 0 aliphatic heterocycles. The summed E-state index contributed by atoms with van der Waals surface area (Å²) < 4.78 is 30.8. The Balaban J connectivity index is 2.69. The highest BCUT2D eigenvalue weighted by Gasteiger charge is 2.39. The first kappa shape index (κ1) is 14.4. The molecule has 2 N–H and O–H groups in total. The van der Waals surface area contributed by atoms with Crippen molar-refractivity contribution in [1.29, 1.82) is 0 Å². The summed E-state index contributed by atoms with van der Waals surface area (Å²) in [6.45, 7) is 0.110. The molecular formula is C10H19NO5S. The van der Waals surface area contributed by atoms with Crippen LogP contribution in [0.15, 0.2) is 0 Å². The van der Waals surface area contributed by atoms with Gasteiger partial charge in [-0.05, 0) is 12.8 Å². The minimum atomic E-state index is -3.47. The number of sulfonamides is 1. The van der Waals surface area contributed by atoms with E-state index in [0.29, 0.717) is 12.8 Å². The molecule has 1 fully saturated rings. The van der Waals surface area contributed by atoms with Gasteiger partial charge in [-0.2, -0.15) is 0 Å². The molecule has 0 aromatic heterocycles. The number of hydrogen-bond donors (Lipinski definition) is 2. The van der Waals surface area contributed by atoms with Crippen LogP contribution in [0.5, 0.6) is 0 Å². The molecule has 0 unspecified atom stereocenters. The standard InChI is InChI=1S/C10H19NO5S/c1-16-6-7-17(14,15)11-10(8-9(12)13)4-2-3-5-10/h11H,2-8H2,1H3,(H,12,13). The third kappa shape index (κ3) is 4.61. The summed E-state index contributed by atoms with van der Waals surface area (Å²) in [5, 5.41) is 8.85. The predicted molar refractivity (Wildman–Crippen MR) is 62.3 cm³/mol. The van der Waals surface area contributed by atoms with Gasteiger partial charge in [-0.25, -0.2) is 13.1 Å². The van der Waals surface area contributed by atoms with Crippen LogP contribution in [0.3, 0.4) is 0 Å². The Morgan fingerprint density at radius 2 is 2.00 bits per heavy atom. The molecule has 0 aromatic rings. The molecular weight excluding hydrogens is 246 g/mol. The fraction of sp³-hybridized carbons (Fsp3) is 0.900. The molecule has 0 atom stereocenters. The number of ether oxygens (including phenoxy) is 1. The average Bonchev–Trinajstić information content (AvgIpc) is 2.61. The Kier molecular flexibility index (Phi) is 4.91. The van der Waals surface area contributed by atoms with E-state index in [-0.39, 0.29) is 18.8 Å². The Morgan fingerprint density at radius 1 is 1.41 bits per heavy atom. The second-order valence-electron chi connectivity index (χ2n) is 4.47. The molecule has 17 heavy (non-hydrogen) atoms. The molecule has 0 bridgehead atoms. The van der Waals surface area contributed by atoms with E-state index in [4.69, 9.17) is 9.84 Å². The van der Waals surface area contributed by atoms with E-state index in [9.17, 15) is 13.2 Å². The second-order valence-corrected chi connectivity index (χ2v) is 6.31. The van der Waals surface area contributed by atoms with Crippen LogP contribution in [-0.2, 0) is 19.6 Å². The van der Waals surface area contributed by atoms with Crippen LogP contribution < -0.4 is 4.72 Å². The van der Waals surface area contributed by atoms with Crippen LogP contribution in [-0.4, -0.2) is 44.5 Å². The summed E-state index contributed by atoms with van der Waals surface area (Å²) >= 11 is 0. The molecule has 6 nitrogen and oxygen atoms in total. The van der Waals surface area contributed by atoms with Crippen molar-refractivity contribution < 1.29 is 23.1 Å². The summed E-state index contributed by atoms with van der Waals surface area (Å²) in [7, 11) is -2.04. The molecule has 100 valence electrons. The minimum absolute atomic E-state index is 0.110. The zero-order valence-electron chi connectivity index (χ0n) is 9.94. The van der Waals surface area contributed by atoms with E-state index in [1.165, 1.54) is 7.11 Å². The first-order valence-corrected chi connectivity index (χ1v) is 7.27. The van der Waals surface area contributed by atoms with Crippen molar-refractivity contribution in [3.8, 4) is 0 Å². The smallest absolute Gasteiger partial charge is 0.305 e. The number of rotatable bonds is 7. The monoisotopic (exact) mass is 265 g/mol. The predicted octanol–water partition coefficient (Wildman–Crippen LogP) is 0.340. The number of hydrogen-bond acceptors (Lipinski definition) is 4. The number of aliphatic carboxylic acids is 1. The summed E-state index contributed by atoms with van der Waals surface area (Å²) in [5.74, 6) is -1.11. The van der Waals surface area contributed by atoms with Gasteiger partial charge in [0.2, 0.25) is 10.0 Å². The lowest BCUT2D eigenvalue weighted by Gasteiger charge is -2.28. The van der Waals surface area contributed by atoms with Gasteiger partial charge < -0.3 is 9.84 Å². The van der Waals surface area contributed by atoms with Gasteiger partial charge >= 0.3 is 5.97 Å². The van der Waals surface area contributed by atoms with E-state index >= 15 is 0 Å². The molecule has 0 amide bonds. The maximum absolute atomic E-state index is 11.7. The van der Waals surface area contributed by atoms with Crippen molar-refractivity contribution in [2.24, 2.45) is 0 Å². The molecule has 0 saturated heterocycles. The Morgan fingerprint density at radius 3 is 2.47 bits per heavy atom. The molecule has 1 aliphatic rings. The fourth-order valence-electron chi connectivity index (χ4n) is 2.23. The molecule has 0 radical (unpaired) electrons. The lowest BCUT2D eigenvalue weighted by Crippen LogP contribution is -2.48. The number of methoxy groups -OCH3 is 1. The fourth-order valence-corrected chi connectivity index (χ4v) is 3.65. The summed E-state index contributed by atoms with van der Waals surface area (Å²) in [4.78, 5) is 10.8. The molecule has 0 heterocycles. The first-order valence-electron chi connectivity index (χ1n) is 5.62. The third-order valence-corrected chi connectivity index (χ3v) is 4.43. The number of nitrogens with one attached hydrogen (secondary N) is 1. The molecule has 1 rings (SSSR count). The van der Waals surface area contributed by atoms with E-state index in [2.05, 4.69) is 4.72 Å². The Labute approximate surface area is 101 Å². The SMILES string of the molecule is COCCS(=O)(=O)NC1(CC(=O)O)CCCC1. The van der Waals surface area contributed by atoms with Crippen LogP contribution in [0, 0.1) is 0 Å². The molecule has 0 aromatic carbocycles. The van der Waals surface area contributed by atoms with Crippen LogP contribution in [0.1, 0.15) is 32.1 Å². The van der Waals surface area contributed by atoms with Crippen molar-refractivity contribution in [2.45, 2.75) is 37.6 Å². The summed E-state index contributed by atoms with van der Waals surface area (Å²) in [5.41, 5.74) is -0.793. The van der Waals surface area contributed by atoms with Crippen LogP contribution in [0.4, 0.5) is 0 Å². The lowest BCUT2D eigenvalue weighted by atomic mass is 9.95. The molecule has 1 aliphatic carbocycles. The number of carbonyl (C=O) groups is 1. The van der Waals surface area contributed by atoms with Crippen molar-refractivity contribution >= 4 is 16.0 Å². The zero-order valence-corrected chi connectivity index (χ0v) is 10.8. The largest absolute Gasteiger partial charge is 0.481 e. The third-order valence-electron chi connectivity index (χ3n) is 2.98. The topological polar surface area (TPSA) is 92.7 Å². The highest BCUT2D eigenvalue weighted by atomic mass is 32.2. The van der Waals surface area contributed by atoms with E-state index < -0.39 is 21.5 Å². The van der Waals surface area contributed by atoms with Crippen LogP contribution >= 0.6 is 0 Å². The van der Waals surface area contributed by atoms with Gasteiger partial charge in [0.1, 0.15) is 0 Å². The van der Waals surface area contributed by atoms with Crippen molar-refractivity contribution in [2.75, 3.05) is 19.5 Å².